The van der Waals surface area contributed by atoms with Crippen molar-refractivity contribution in [2.45, 2.75) is 19.1 Å². The third-order valence-corrected chi connectivity index (χ3v) is 3.58. The molecule has 0 unspecified atom stereocenters. The lowest BCUT2D eigenvalue weighted by molar-refractivity contribution is -0.0371. The molecule has 1 aliphatic heterocycles. The van der Waals surface area contributed by atoms with E-state index in [1.54, 1.807) is 0 Å². The second-order valence-corrected chi connectivity index (χ2v) is 5.09. The van der Waals surface area contributed by atoms with Crippen molar-refractivity contribution < 1.29 is 4.74 Å². The third kappa shape index (κ3) is 3.65. The largest absolute Gasteiger partial charge is 0.374 e. The van der Waals surface area contributed by atoms with Gasteiger partial charge in [-0.3, -0.25) is 14.6 Å². The van der Waals surface area contributed by atoms with Crippen molar-refractivity contribution in [2.24, 2.45) is 0 Å². The van der Waals surface area contributed by atoms with E-state index in [0.29, 0.717) is 0 Å². The van der Waals surface area contributed by atoms with Crippen molar-refractivity contribution in [3.05, 3.63) is 48.5 Å². The zero-order chi connectivity index (χ0) is 13.6. The molecule has 0 radical (unpaired) electrons. The van der Waals surface area contributed by atoms with Gasteiger partial charge in [0.05, 0.1) is 19.3 Å². The van der Waals surface area contributed by atoms with Gasteiger partial charge in [-0.25, -0.2) is 0 Å². The van der Waals surface area contributed by atoms with Crippen molar-refractivity contribution in [1.82, 2.24) is 19.7 Å². The Kier molecular flexibility index (Phi) is 4.40. The van der Waals surface area contributed by atoms with E-state index in [1.807, 2.05) is 41.5 Å². The molecule has 0 aliphatic carbocycles. The van der Waals surface area contributed by atoms with E-state index >= 15 is 0 Å². The zero-order valence-corrected chi connectivity index (χ0v) is 11.6. The van der Waals surface area contributed by atoms with Gasteiger partial charge in [-0.15, -0.1) is 0 Å². The minimum Gasteiger partial charge on any atom is -0.374 e. The number of morpholine rings is 1. The number of hydrogen-bond donors (Lipinski definition) is 0. The molecule has 0 bridgehead atoms. The molecule has 0 spiro atoms. The van der Waals surface area contributed by atoms with Crippen LogP contribution in [0.2, 0.25) is 0 Å². The third-order valence-electron chi connectivity index (χ3n) is 3.58. The summed E-state index contributed by atoms with van der Waals surface area (Å²) in [5.41, 5.74) is 1.16. The Hall–Kier alpha value is -1.72. The van der Waals surface area contributed by atoms with Crippen LogP contribution in [0.25, 0.3) is 0 Å². The summed E-state index contributed by atoms with van der Waals surface area (Å²) in [4.78, 5) is 6.82. The minimum atomic E-state index is 0.229. The highest BCUT2D eigenvalue weighted by Crippen LogP contribution is 2.08. The van der Waals surface area contributed by atoms with E-state index < -0.39 is 0 Å². The van der Waals surface area contributed by atoms with E-state index in [1.165, 1.54) is 0 Å². The lowest BCUT2D eigenvalue weighted by Crippen LogP contribution is -2.45. The quantitative estimate of drug-likeness (QED) is 0.821. The highest BCUT2D eigenvalue weighted by molar-refractivity contribution is 5.03. The van der Waals surface area contributed by atoms with Gasteiger partial charge in [0.1, 0.15) is 0 Å². The molecular formula is C15H20N4O. The van der Waals surface area contributed by atoms with Gasteiger partial charge in [-0.1, -0.05) is 6.07 Å². The molecule has 0 aromatic carbocycles. The van der Waals surface area contributed by atoms with E-state index in [-0.39, 0.29) is 6.10 Å². The van der Waals surface area contributed by atoms with Crippen LogP contribution < -0.4 is 0 Å². The highest BCUT2D eigenvalue weighted by Gasteiger charge is 2.20. The van der Waals surface area contributed by atoms with Crippen LogP contribution in [0.5, 0.6) is 0 Å². The number of aromatic nitrogens is 3. The smallest absolute Gasteiger partial charge is 0.0898 e. The zero-order valence-electron chi connectivity index (χ0n) is 11.6. The van der Waals surface area contributed by atoms with Crippen LogP contribution in [0.4, 0.5) is 0 Å². The highest BCUT2D eigenvalue weighted by atomic mass is 16.5. The van der Waals surface area contributed by atoms with Gasteiger partial charge in [-0.2, -0.15) is 5.10 Å². The van der Waals surface area contributed by atoms with Crippen LogP contribution in [0, 0.1) is 0 Å². The van der Waals surface area contributed by atoms with Gasteiger partial charge in [0.2, 0.25) is 0 Å². The Morgan fingerprint density at radius 1 is 1.25 bits per heavy atom. The van der Waals surface area contributed by atoms with Crippen molar-refractivity contribution in [3.8, 4) is 0 Å². The second kappa shape index (κ2) is 6.63. The second-order valence-electron chi connectivity index (χ2n) is 5.09. The molecule has 1 atom stereocenters. The molecule has 0 saturated carbocycles. The first kappa shape index (κ1) is 13.3. The van der Waals surface area contributed by atoms with Gasteiger partial charge in [0, 0.05) is 50.3 Å². The Morgan fingerprint density at radius 2 is 2.25 bits per heavy atom. The first-order valence-corrected chi connectivity index (χ1v) is 7.11. The average molecular weight is 272 g/mol. The molecule has 5 heteroatoms. The molecule has 5 nitrogen and oxygen atoms in total. The van der Waals surface area contributed by atoms with Crippen LogP contribution in [0.1, 0.15) is 5.69 Å². The molecule has 1 saturated heterocycles. The molecule has 1 aliphatic rings. The molecular weight excluding hydrogens is 252 g/mol. The van der Waals surface area contributed by atoms with Crippen LogP contribution in [0.15, 0.2) is 42.9 Å². The summed E-state index contributed by atoms with van der Waals surface area (Å²) >= 11 is 0. The van der Waals surface area contributed by atoms with E-state index in [4.69, 9.17) is 4.74 Å². The fourth-order valence-corrected chi connectivity index (χ4v) is 2.53. The van der Waals surface area contributed by atoms with E-state index in [9.17, 15) is 0 Å². The topological polar surface area (TPSA) is 43.2 Å². The number of nitrogens with zero attached hydrogens (tertiary/aromatic N) is 4. The van der Waals surface area contributed by atoms with E-state index in [0.717, 1.165) is 44.9 Å². The van der Waals surface area contributed by atoms with Crippen LogP contribution in [-0.4, -0.2) is 52.0 Å². The number of rotatable bonds is 5. The number of hydrogen-bond acceptors (Lipinski definition) is 4. The average Bonchev–Trinajstić information content (AvgIpc) is 3.00. The SMILES string of the molecule is c1ccc(CCN2CCO[C@@H](Cn3cccn3)C2)nc1. The maximum absolute atomic E-state index is 5.82. The predicted octanol–water partition coefficient (Wildman–Crippen LogP) is 1.22. The number of pyridine rings is 1. The van der Waals surface area contributed by atoms with Gasteiger partial charge in [0.15, 0.2) is 0 Å². The predicted molar refractivity (Wildman–Crippen MR) is 76.3 cm³/mol. The van der Waals surface area contributed by atoms with E-state index in [2.05, 4.69) is 21.0 Å². The first-order valence-electron chi connectivity index (χ1n) is 7.11. The molecule has 3 heterocycles. The monoisotopic (exact) mass is 272 g/mol. The summed E-state index contributed by atoms with van der Waals surface area (Å²) < 4.78 is 7.75. The maximum atomic E-state index is 5.82. The molecule has 0 N–H and O–H groups in total. The lowest BCUT2D eigenvalue weighted by Gasteiger charge is -2.32. The van der Waals surface area contributed by atoms with Crippen molar-refractivity contribution in [2.75, 3.05) is 26.2 Å². The summed E-state index contributed by atoms with van der Waals surface area (Å²) in [6.07, 6.45) is 6.87. The Morgan fingerprint density at radius 3 is 3.05 bits per heavy atom. The fourth-order valence-electron chi connectivity index (χ4n) is 2.53. The maximum Gasteiger partial charge on any atom is 0.0898 e. The standard InChI is InChI=1S/C15H20N4O/c1-2-6-16-14(4-1)5-9-18-10-11-20-15(12-18)13-19-8-3-7-17-19/h1-4,6-8,15H,5,9-13H2/t15-/m1/s1. The summed E-state index contributed by atoms with van der Waals surface area (Å²) in [5, 5.41) is 4.24. The molecule has 3 rings (SSSR count). The summed E-state index contributed by atoms with van der Waals surface area (Å²) in [7, 11) is 0. The number of ether oxygens (including phenoxy) is 1. The molecule has 0 amide bonds. The normalized spacial score (nSPS) is 20.1. The van der Waals surface area contributed by atoms with Crippen LogP contribution in [-0.2, 0) is 17.7 Å². The Balaban J connectivity index is 1.48. The fraction of sp³-hybridized carbons (Fsp3) is 0.467. The summed E-state index contributed by atoms with van der Waals surface area (Å²) in [6.45, 7) is 4.63. The van der Waals surface area contributed by atoms with Crippen LogP contribution >= 0.6 is 0 Å². The summed E-state index contributed by atoms with van der Waals surface area (Å²) in [6, 6.07) is 8.03. The van der Waals surface area contributed by atoms with Crippen LogP contribution in [0.3, 0.4) is 0 Å². The molecule has 20 heavy (non-hydrogen) atoms. The lowest BCUT2D eigenvalue weighted by atomic mass is 10.2. The summed E-state index contributed by atoms with van der Waals surface area (Å²) in [5.74, 6) is 0. The molecule has 2 aromatic rings. The Labute approximate surface area is 119 Å². The van der Waals surface area contributed by atoms with Gasteiger partial charge in [0.25, 0.3) is 0 Å². The van der Waals surface area contributed by atoms with Crippen molar-refractivity contribution in [1.29, 1.82) is 0 Å². The van der Waals surface area contributed by atoms with Gasteiger partial charge < -0.3 is 4.74 Å². The van der Waals surface area contributed by atoms with Gasteiger partial charge >= 0.3 is 0 Å². The molecule has 2 aromatic heterocycles. The molecule has 106 valence electrons. The van der Waals surface area contributed by atoms with Crippen molar-refractivity contribution >= 4 is 0 Å². The molecule has 1 fully saturated rings. The minimum absolute atomic E-state index is 0.229. The van der Waals surface area contributed by atoms with Gasteiger partial charge in [-0.05, 0) is 18.2 Å². The first-order chi connectivity index (χ1) is 9.90. The van der Waals surface area contributed by atoms with Crippen molar-refractivity contribution in [3.63, 3.8) is 0 Å². The Bertz CT molecular complexity index is 500.